The lowest BCUT2D eigenvalue weighted by molar-refractivity contribution is -0.594. The van der Waals surface area contributed by atoms with Gasteiger partial charge in [-0.3, -0.25) is 10.1 Å². The summed E-state index contributed by atoms with van der Waals surface area (Å²) < 4.78 is 4.11. The number of hydrogen-bond donors (Lipinski definition) is 0. The van der Waals surface area contributed by atoms with Crippen molar-refractivity contribution in [3.63, 3.8) is 0 Å². The van der Waals surface area contributed by atoms with Crippen molar-refractivity contribution in [1.82, 2.24) is 9.78 Å². The Labute approximate surface area is 190 Å². The Kier molecular flexibility index (Phi) is 5.21. The zero-order valence-corrected chi connectivity index (χ0v) is 18.2. The highest BCUT2D eigenvalue weighted by atomic mass is 127. The lowest BCUT2D eigenvalue weighted by Crippen LogP contribution is -3.00. The normalized spacial score (nSPS) is 12.9. The Morgan fingerprint density at radius 1 is 1.00 bits per heavy atom. The van der Waals surface area contributed by atoms with Gasteiger partial charge in [0.1, 0.15) is 5.69 Å². The van der Waals surface area contributed by atoms with E-state index in [-0.39, 0.29) is 34.6 Å². The molecule has 1 aliphatic heterocycles. The molecule has 3 heterocycles. The maximum atomic E-state index is 11.0. The maximum Gasteiger partial charge on any atom is 0.269 e. The minimum absolute atomic E-state index is 0. The number of halogens is 1. The molecule has 7 heteroatoms. The predicted molar refractivity (Wildman–Crippen MR) is 110 cm³/mol. The first-order valence-corrected chi connectivity index (χ1v) is 9.26. The number of non-ortho nitro benzene ring substituents is 1. The highest BCUT2D eigenvalue weighted by molar-refractivity contribution is 5.93. The average Bonchev–Trinajstić information content (AvgIpc) is 3.25. The highest BCUT2D eigenvalue weighted by Crippen LogP contribution is 2.36. The van der Waals surface area contributed by atoms with E-state index in [1.165, 1.54) is 12.1 Å². The monoisotopic (exact) mass is 508 g/mol. The van der Waals surface area contributed by atoms with Crippen LogP contribution in [0.3, 0.4) is 0 Å². The second-order valence-electron chi connectivity index (χ2n) is 6.89. The molecular weight excluding hydrogens is 491 g/mol. The van der Waals surface area contributed by atoms with E-state index in [2.05, 4.69) is 16.7 Å². The third-order valence-electron chi connectivity index (χ3n) is 5.08. The first-order valence-electron chi connectivity index (χ1n) is 9.26. The molecule has 4 aromatic rings. The summed E-state index contributed by atoms with van der Waals surface area (Å²) in [4.78, 5) is 10.6. The quantitative estimate of drug-likeness (QED) is 0.160. The number of pyridine rings is 1. The van der Waals surface area contributed by atoms with Gasteiger partial charge in [0.2, 0.25) is 5.69 Å². The summed E-state index contributed by atoms with van der Waals surface area (Å²) in [5, 5.41) is 15.8. The number of nitrogens with zero attached hydrogens (tertiary/aromatic N) is 4. The Hall–Kier alpha value is -3.33. The molecule has 30 heavy (non-hydrogen) atoms. The molecule has 0 spiro atoms. The Bertz CT molecular complexity index is 1280. The summed E-state index contributed by atoms with van der Waals surface area (Å²) in [6, 6.07) is 22.7. The molecular formula is C23H17IN4O2. The number of nitro benzene ring substituents is 1. The average molecular weight is 508 g/mol. The molecule has 0 amide bonds. The summed E-state index contributed by atoms with van der Waals surface area (Å²) in [5.41, 5.74) is 7.06. The van der Waals surface area contributed by atoms with Crippen LogP contribution in [0.5, 0.6) is 0 Å². The second kappa shape index (κ2) is 7.83. The number of rotatable bonds is 3. The van der Waals surface area contributed by atoms with E-state index in [1.54, 1.807) is 12.1 Å². The topological polar surface area (TPSA) is 64.8 Å². The van der Waals surface area contributed by atoms with Gasteiger partial charge in [-0.05, 0) is 48.9 Å². The van der Waals surface area contributed by atoms with E-state index in [9.17, 15) is 10.1 Å². The fourth-order valence-corrected chi connectivity index (χ4v) is 3.79. The molecule has 0 saturated carbocycles. The van der Waals surface area contributed by atoms with E-state index in [0.29, 0.717) is 0 Å². The van der Waals surface area contributed by atoms with E-state index in [0.717, 1.165) is 39.6 Å². The van der Waals surface area contributed by atoms with Gasteiger partial charge in [0.05, 0.1) is 16.2 Å². The molecule has 0 aliphatic carbocycles. The van der Waals surface area contributed by atoms with Crippen LogP contribution in [0, 0.1) is 17.0 Å². The van der Waals surface area contributed by atoms with Crippen LogP contribution in [-0.4, -0.2) is 14.7 Å². The summed E-state index contributed by atoms with van der Waals surface area (Å²) in [6.07, 6.45) is 4.09. The van der Waals surface area contributed by atoms with E-state index >= 15 is 0 Å². The summed E-state index contributed by atoms with van der Waals surface area (Å²) >= 11 is 0. The van der Waals surface area contributed by atoms with Crippen molar-refractivity contribution >= 4 is 17.3 Å². The molecule has 0 radical (unpaired) electrons. The van der Waals surface area contributed by atoms with Crippen molar-refractivity contribution in [2.24, 2.45) is 0 Å². The molecule has 0 bridgehead atoms. The van der Waals surface area contributed by atoms with Crippen LogP contribution in [0.15, 0.2) is 79.0 Å². The van der Waals surface area contributed by atoms with Gasteiger partial charge < -0.3 is 24.0 Å². The van der Waals surface area contributed by atoms with Gasteiger partial charge in [-0.1, -0.05) is 18.2 Å². The number of para-hydroxylation sites is 1. The molecule has 0 N–H and O–H groups in total. The second-order valence-corrected chi connectivity index (χ2v) is 6.89. The van der Waals surface area contributed by atoms with Crippen molar-refractivity contribution in [1.29, 1.82) is 0 Å². The van der Waals surface area contributed by atoms with Gasteiger partial charge >= 0.3 is 0 Å². The van der Waals surface area contributed by atoms with Crippen LogP contribution >= 0.6 is 0 Å². The van der Waals surface area contributed by atoms with Gasteiger partial charge in [-0.15, -0.1) is 0 Å². The van der Waals surface area contributed by atoms with Crippen molar-refractivity contribution in [2.75, 3.05) is 0 Å². The number of hydrogen-bond acceptors (Lipinski definition) is 3. The predicted octanol–water partition coefficient (Wildman–Crippen LogP) is 1.27. The molecule has 0 fully saturated rings. The van der Waals surface area contributed by atoms with Crippen LogP contribution in [0.2, 0.25) is 0 Å². The zero-order chi connectivity index (χ0) is 20.0. The largest absolute Gasteiger partial charge is 1.00 e. The first kappa shape index (κ1) is 20.0. The number of nitro groups is 1. The molecule has 6 nitrogen and oxygen atoms in total. The van der Waals surface area contributed by atoms with Crippen LogP contribution < -0.4 is 28.5 Å². The van der Waals surface area contributed by atoms with E-state index < -0.39 is 0 Å². The van der Waals surface area contributed by atoms with Crippen LogP contribution in [0.25, 0.3) is 23.0 Å². The Morgan fingerprint density at radius 2 is 1.70 bits per heavy atom. The van der Waals surface area contributed by atoms with E-state index in [4.69, 9.17) is 5.10 Å². The molecule has 2 aromatic heterocycles. The van der Waals surface area contributed by atoms with Crippen LogP contribution in [0.4, 0.5) is 5.69 Å². The lowest BCUT2D eigenvalue weighted by Gasteiger charge is -2.05. The smallest absolute Gasteiger partial charge is 0.269 e. The van der Waals surface area contributed by atoms with Crippen LogP contribution in [0.1, 0.15) is 22.6 Å². The molecule has 0 atom stereocenters. The van der Waals surface area contributed by atoms with Crippen LogP contribution in [-0.2, 0) is 0 Å². The van der Waals surface area contributed by atoms with Crippen molar-refractivity contribution in [3.8, 4) is 11.4 Å². The summed E-state index contributed by atoms with van der Waals surface area (Å²) in [6.45, 7) is 2.01. The molecule has 5 rings (SSSR count). The Balaban J connectivity index is 0.00000218. The van der Waals surface area contributed by atoms with Crippen molar-refractivity contribution in [2.45, 2.75) is 6.92 Å². The molecule has 0 saturated heterocycles. The number of benzene rings is 2. The van der Waals surface area contributed by atoms with Crippen molar-refractivity contribution in [3.05, 3.63) is 112 Å². The SMILES string of the molecule is Cc1nn(-c2ccccc2)c2c1-[n+]1ccccc1/C2=C/c1ccc([N+](=O)[O-])cc1.[I-]. The lowest BCUT2D eigenvalue weighted by atomic mass is 10.1. The number of fused-ring (bicyclic) bond motifs is 3. The van der Waals surface area contributed by atoms with E-state index in [1.807, 2.05) is 60.3 Å². The zero-order valence-electron chi connectivity index (χ0n) is 16.1. The van der Waals surface area contributed by atoms with Gasteiger partial charge in [-0.25, -0.2) is 4.68 Å². The third kappa shape index (κ3) is 3.21. The minimum atomic E-state index is -0.385. The fraction of sp³-hybridized carbons (Fsp3) is 0.0435. The first-order chi connectivity index (χ1) is 14.1. The van der Waals surface area contributed by atoms with Crippen molar-refractivity contribution < 1.29 is 33.5 Å². The third-order valence-corrected chi connectivity index (χ3v) is 5.08. The maximum absolute atomic E-state index is 11.0. The molecule has 0 unspecified atom stereocenters. The molecule has 2 aromatic carbocycles. The minimum Gasteiger partial charge on any atom is -1.00 e. The Morgan fingerprint density at radius 3 is 2.40 bits per heavy atom. The van der Waals surface area contributed by atoms with Gasteiger partial charge in [0, 0.05) is 24.3 Å². The van der Waals surface area contributed by atoms with Gasteiger partial charge in [0.25, 0.3) is 11.4 Å². The van der Waals surface area contributed by atoms with Gasteiger partial charge in [-0.2, -0.15) is 9.67 Å². The molecule has 148 valence electrons. The highest BCUT2D eigenvalue weighted by Gasteiger charge is 2.38. The number of aromatic nitrogens is 3. The van der Waals surface area contributed by atoms with Gasteiger partial charge in [0.15, 0.2) is 11.9 Å². The standard InChI is InChI=1S/C23H17N4O2.HI/c1-16-22-23(26(24-16)18-7-3-2-4-8-18)20(21-9-5-6-14-25(21)22)15-17-10-12-19(13-11-17)27(28)29;/h2-15H,1H3;1H/q+1;/p-1/b20-15-;. The summed E-state index contributed by atoms with van der Waals surface area (Å²) in [5.74, 6) is 0. The molecule has 1 aliphatic rings. The summed E-state index contributed by atoms with van der Waals surface area (Å²) in [7, 11) is 0. The fourth-order valence-electron chi connectivity index (χ4n) is 3.79. The number of aryl methyl sites for hydroxylation is 1.